The Labute approximate surface area is 150 Å². The first-order valence-corrected chi connectivity index (χ1v) is 9.59. The van der Waals surface area contributed by atoms with Gasteiger partial charge in [0.1, 0.15) is 6.26 Å². The van der Waals surface area contributed by atoms with E-state index < -0.39 is 11.2 Å². The third-order valence-corrected chi connectivity index (χ3v) is 4.92. The van der Waals surface area contributed by atoms with E-state index in [1.54, 1.807) is 19.6 Å². The highest BCUT2D eigenvalue weighted by atomic mass is 32.2. The first-order chi connectivity index (χ1) is 12.1. The number of hydrogen-bond donors (Lipinski definition) is 1. The van der Waals surface area contributed by atoms with Gasteiger partial charge in [0.15, 0.2) is 0 Å². The number of H-pyrrole nitrogens is 1. The number of methoxy groups -OCH3 is 1. The molecule has 0 saturated heterocycles. The smallest absolute Gasteiger partial charge is 0.342 e. The zero-order valence-corrected chi connectivity index (χ0v) is 15.4. The van der Waals surface area contributed by atoms with Crippen LogP contribution in [0.25, 0.3) is 10.9 Å². The fourth-order valence-electron chi connectivity index (χ4n) is 2.98. The van der Waals surface area contributed by atoms with Crippen LogP contribution in [0.3, 0.4) is 0 Å². The fourth-order valence-corrected chi connectivity index (χ4v) is 3.42. The van der Waals surface area contributed by atoms with Crippen molar-refractivity contribution in [3.63, 3.8) is 0 Å². The van der Waals surface area contributed by atoms with Crippen molar-refractivity contribution in [1.29, 1.82) is 0 Å². The lowest BCUT2D eigenvalue weighted by Gasteiger charge is -2.28. The summed E-state index contributed by atoms with van der Waals surface area (Å²) in [5.41, 5.74) is 3.05. The molecule has 0 radical (unpaired) electrons. The Morgan fingerprint density at radius 3 is 2.92 bits per heavy atom. The molecule has 0 aliphatic carbocycles. The minimum atomic E-state index is -1.22. The second-order valence-electron chi connectivity index (χ2n) is 5.88. The normalized spacial score (nSPS) is 14.1. The molecule has 0 aliphatic heterocycles. The third kappa shape index (κ3) is 3.85. The van der Waals surface area contributed by atoms with Gasteiger partial charge in [-0.2, -0.15) is 9.97 Å². The monoisotopic (exact) mass is 358 g/mol. The molecule has 0 aliphatic rings. The van der Waals surface area contributed by atoms with E-state index in [2.05, 4.69) is 38.1 Å². The summed E-state index contributed by atoms with van der Waals surface area (Å²) in [6, 6.07) is 10.1. The molecule has 2 unspecified atom stereocenters. The van der Waals surface area contributed by atoms with Crippen molar-refractivity contribution in [2.75, 3.05) is 33.6 Å². The lowest BCUT2D eigenvalue weighted by atomic mass is 9.98. The highest BCUT2D eigenvalue weighted by molar-refractivity contribution is 7.90. The van der Waals surface area contributed by atoms with Crippen LogP contribution in [0.4, 0.5) is 0 Å². The van der Waals surface area contributed by atoms with E-state index in [9.17, 15) is 4.55 Å². The number of benzene rings is 1. The first kappa shape index (κ1) is 17.9. The van der Waals surface area contributed by atoms with Gasteiger partial charge < -0.3 is 14.3 Å². The summed E-state index contributed by atoms with van der Waals surface area (Å²) in [4.78, 5) is 14.1. The Morgan fingerprint density at radius 1 is 1.32 bits per heavy atom. The molecule has 1 N–H and O–H groups in total. The maximum Gasteiger partial charge on any atom is 0.342 e. The van der Waals surface area contributed by atoms with Crippen molar-refractivity contribution in [2.24, 2.45) is 0 Å². The van der Waals surface area contributed by atoms with Crippen molar-refractivity contribution in [3.05, 3.63) is 54.0 Å². The van der Waals surface area contributed by atoms with Gasteiger partial charge in [0, 0.05) is 48.1 Å². The zero-order chi connectivity index (χ0) is 17.8. The topological polar surface area (TPSA) is 77.1 Å². The van der Waals surface area contributed by atoms with Crippen molar-refractivity contribution < 1.29 is 9.29 Å². The first-order valence-electron chi connectivity index (χ1n) is 8.03. The number of nitrogens with zero attached hydrogens (tertiary/aromatic N) is 3. The second-order valence-corrected chi connectivity index (χ2v) is 7.15. The van der Waals surface area contributed by atoms with Gasteiger partial charge in [-0.3, -0.25) is 4.90 Å². The predicted octanol–water partition coefficient (Wildman–Crippen LogP) is 2.36. The fraction of sp³-hybridized carbons (Fsp3) is 0.333. The molecular weight excluding hydrogens is 336 g/mol. The van der Waals surface area contributed by atoms with E-state index in [-0.39, 0.29) is 6.04 Å². The summed E-state index contributed by atoms with van der Waals surface area (Å²) >= 11 is -1.22. The molecule has 1 aromatic carbocycles. The van der Waals surface area contributed by atoms with E-state index in [0.29, 0.717) is 11.8 Å². The Balaban J connectivity index is 2.10. The molecule has 132 valence electrons. The van der Waals surface area contributed by atoms with Crippen molar-refractivity contribution in [3.8, 4) is 0 Å². The molecule has 3 aromatic rings. The summed E-state index contributed by atoms with van der Waals surface area (Å²) < 4.78 is 17.1. The van der Waals surface area contributed by atoms with Gasteiger partial charge in [-0.05, 0) is 30.8 Å². The summed E-state index contributed by atoms with van der Waals surface area (Å²) in [6.07, 6.45) is 5.20. The molecule has 3 rings (SSSR count). The van der Waals surface area contributed by atoms with E-state index in [1.807, 2.05) is 25.4 Å². The Morgan fingerprint density at radius 2 is 2.16 bits per heavy atom. The molecule has 0 saturated carbocycles. The molecule has 2 atom stereocenters. The van der Waals surface area contributed by atoms with Crippen LogP contribution in [0.15, 0.2) is 47.9 Å². The summed E-state index contributed by atoms with van der Waals surface area (Å²) in [6.45, 7) is 1.37. The standard InChI is InChI=1S/C18H22N4O2S/c1-22(11-12-24-2)17(16-8-10-20-18(21-16)25(3)23)14-5-4-6-15-13(14)7-9-19-15/h4-10,17,19H,11-12H2,1-3H3. The molecule has 2 aromatic heterocycles. The molecule has 0 fully saturated rings. The van der Waals surface area contributed by atoms with Crippen LogP contribution in [-0.2, 0) is 15.9 Å². The number of fused-ring (bicyclic) bond motifs is 1. The molecular formula is C18H22N4O2S. The minimum Gasteiger partial charge on any atom is -0.609 e. The number of ether oxygens (including phenoxy) is 1. The average molecular weight is 358 g/mol. The SMILES string of the molecule is COCCN(C)C(c1ccnc([S+](C)[O-])n1)c1cccc2[nH]ccc12. The van der Waals surface area contributed by atoms with E-state index >= 15 is 0 Å². The van der Waals surface area contributed by atoms with Crippen LogP contribution in [-0.4, -0.2) is 58.0 Å². The number of hydrogen-bond acceptors (Lipinski definition) is 5. The number of likely N-dealkylation sites (N-methyl/N-ethyl adjacent to an activating group) is 1. The molecule has 0 bridgehead atoms. The van der Waals surface area contributed by atoms with Gasteiger partial charge in [-0.25, -0.2) is 0 Å². The van der Waals surface area contributed by atoms with Crippen molar-refractivity contribution in [2.45, 2.75) is 11.2 Å². The van der Waals surface area contributed by atoms with E-state index in [4.69, 9.17) is 4.74 Å². The van der Waals surface area contributed by atoms with E-state index in [0.717, 1.165) is 28.7 Å². The number of rotatable bonds is 7. The average Bonchev–Trinajstić information content (AvgIpc) is 3.10. The highest BCUT2D eigenvalue weighted by Gasteiger charge is 2.24. The van der Waals surface area contributed by atoms with Crippen molar-refractivity contribution >= 4 is 22.1 Å². The van der Waals surface area contributed by atoms with Gasteiger partial charge in [-0.15, -0.1) is 0 Å². The molecule has 7 heteroatoms. The van der Waals surface area contributed by atoms with Gasteiger partial charge in [0.05, 0.1) is 18.3 Å². The van der Waals surface area contributed by atoms with Crippen LogP contribution >= 0.6 is 0 Å². The molecule has 2 heterocycles. The Kier molecular flexibility index (Phi) is 5.70. The summed E-state index contributed by atoms with van der Waals surface area (Å²) in [5, 5.41) is 1.50. The summed E-state index contributed by atoms with van der Waals surface area (Å²) in [5.74, 6) is 0. The van der Waals surface area contributed by atoms with Gasteiger partial charge in [0.2, 0.25) is 0 Å². The largest absolute Gasteiger partial charge is 0.609 e. The Bertz CT molecular complexity index is 837. The number of aromatic amines is 1. The molecule has 25 heavy (non-hydrogen) atoms. The summed E-state index contributed by atoms with van der Waals surface area (Å²) in [7, 11) is 3.73. The number of nitrogens with one attached hydrogen (secondary N) is 1. The lowest BCUT2D eigenvalue weighted by Crippen LogP contribution is -2.30. The molecule has 0 spiro atoms. The van der Waals surface area contributed by atoms with Crippen LogP contribution in [0.2, 0.25) is 0 Å². The predicted molar refractivity (Wildman–Crippen MR) is 99.0 cm³/mol. The van der Waals surface area contributed by atoms with Gasteiger partial charge in [-0.1, -0.05) is 12.1 Å². The van der Waals surface area contributed by atoms with Crippen LogP contribution in [0, 0.1) is 0 Å². The maximum atomic E-state index is 11.8. The molecule has 6 nitrogen and oxygen atoms in total. The van der Waals surface area contributed by atoms with Crippen LogP contribution in [0.5, 0.6) is 0 Å². The second kappa shape index (κ2) is 7.97. The minimum absolute atomic E-state index is 0.0834. The molecule has 0 amide bonds. The maximum absolute atomic E-state index is 11.8. The van der Waals surface area contributed by atoms with Crippen LogP contribution in [0.1, 0.15) is 17.3 Å². The van der Waals surface area contributed by atoms with Crippen LogP contribution < -0.4 is 0 Å². The van der Waals surface area contributed by atoms with Gasteiger partial charge in [0.25, 0.3) is 0 Å². The third-order valence-electron chi connectivity index (χ3n) is 4.20. The number of aromatic nitrogens is 3. The lowest BCUT2D eigenvalue weighted by molar-refractivity contribution is 0.147. The van der Waals surface area contributed by atoms with Crippen molar-refractivity contribution in [1.82, 2.24) is 19.9 Å². The van der Waals surface area contributed by atoms with E-state index in [1.165, 1.54) is 0 Å². The zero-order valence-electron chi connectivity index (χ0n) is 14.6. The highest BCUT2D eigenvalue weighted by Crippen LogP contribution is 2.31. The van der Waals surface area contributed by atoms with Gasteiger partial charge >= 0.3 is 5.16 Å². The quantitative estimate of drug-likeness (QED) is 0.518. The Hall–Kier alpha value is -1.93.